The molecule has 1 saturated heterocycles. The standard InChI is InChI=1S/C12H16N4O2/c13-7-10-14-12(15-18-10)11(9-3-6-17-8-9)16-4-1-2-5-16/h1-2,4-5,9,11H,3,6-8,13H2/t9-,11-/m1/s1. The van der Waals surface area contributed by atoms with Gasteiger partial charge in [0.2, 0.25) is 5.89 Å². The molecule has 1 aliphatic heterocycles. The zero-order valence-corrected chi connectivity index (χ0v) is 10.0. The van der Waals surface area contributed by atoms with E-state index < -0.39 is 0 Å². The van der Waals surface area contributed by atoms with Gasteiger partial charge in [-0.1, -0.05) is 5.16 Å². The molecule has 6 heteroatoms. The van der Waals surface area contributed by atoms with Crippen molar-refractivity contribution in [2.24, 2.45) is 11.7 Å². The van der Waals surface area contributed by atoms with Crippen molar-refractivity contribution in [1.82, 2.24) is 14.7 Å². The molecule has 1 fully saturated rings. The van der Waals surface area contributed by atoms with Crippen LogP contribution in [0.4, 0.5) is 0 Å². The Kier molecular flexibility index (Phi) is 3.12. The smallest absolute Gasteiger partial charge is 0.240 e. The van der Waals surface area contributed by atoms with Crippen LogP contribution in [0.2, 0.25) is 0 Å². The number of aromatic nitrogens is 3. The maximum absolute atomic E-state index is 5.51. The molecule has 18 heavy (non-hydrogen) atoms. The van der Waals surface area contributed by atoms with E-state index in [1.807, 2.05) is 24.5 Å². The summed E-state index contributed by atoms with van der Waals surface area (Å²) in [6.07, 6.45) is 5.04. The molecular formula is C12H16N4O2. The van der Waals surface area contributed by atoms with Crippen molar-refractivity contribution in [1.29, 1.82) is 0 Å². The summed E-state index contributed by atoms with van der Waals surface area (Å²) in [4.78, 5) is 4.35. The molecule has 2 aromatic rings. The lowest BCUT2D eigenvalue weighted by molar-refractivity contribution is 0.176. The minimum Gasteiger partial charge on any atom is -0.381 e. The molecule has 0 spiro atoms. The van der Waals surface area contributed by atoms with E-state index in [9.17, 15) is 0 Å². The zero-order chi connectivity index (χ0) is 12.4. The molecule has 0 aliphatic carbocycles. The summed E-state index contributed by atoms with van der Waals surface area (Å²) in [5, 5.41) is 4.05. The number of ether oxygens (including phenoxy) is 1. The van der Waals surface area contributed by atoms with Crippen molar-refractivity contribution in [3.05, 3.63) is 36.2 Å². The fraction of sp³-hybridized carbons (Fsp3) is 0.500. The summed E-state index contributed by atoms with van der Waals surface area (Å²) in [7, 11) is 0. The van der Waals surface area contributed by atoms with Gasteiger partial charge >= 0.3 is 0 Å². The number of hydrogen-bond donors (Lipinski definition) is 1. The van der Waals surface area contributed by atoms with Crippen LogP contribution in [0.1, 0.15) is 24.2 Å². The Morgan fingerprint density at radius 2 is 2.28 bits per heavy atom. The fourth-order valence-electron chi connectivity index (χ4n) is 2.39. The monoisotopic (exact) mass is 248 g/mol. The van der Waals surface area contributed by atoms with Gasteiger partial charge in [0.15, 0.2) is 5.82 Å². The Morgan fingerprint density at radius 3 is 2.89 bits per heavy atom. The molecule has 96 valence electrons. The highest BCUT2D eigenvalue weighted by Crippen LogP contribution is 2.30. The quantitative estimate of drug-likeness (QED) is 0.871. The molecule has 0 unspecified atom stereocenters. The first kappa shape index (κ1) is 11.4. The molecule has 0 bridgehead atoms. The third kappa shape index (κ3) is 2.04. The number of nitrogens with zero attached hydrogens (tertiary/aromatic N) is 3. The van der Waals surface area contributed by atoms with Gasteiger partial charge in [0.05, 0.1) is 13.2 Å². The topological polar surface area (TPSA) is 79.1 Å². The lowest BCUT2D eigenvalue weighted by atomic mass is 9.98. The lowest BCUT2D eigenvalue weighted by Gasteiger charge is -2.20. The van der Waals surface area contributed by atoms with E-state index in [1.165, 1.54) is 0 Å². The highest BCUT2D eigenvalue weighted by Gasteiger charge is 2.31. The van der Waals surface area contributed by atoms with Crippen molar-refractivity contribution >= 4 is 0 Å². The Morgan fingerprint density at radius 1 is 1.44 bits per heavy atom. The van der Waals surface area contributed by atoms with Crippen LogP contribution in [0.3, 0.4) is 0 Å². The predicted molar refractivity (Wildman–Crippen MR) is 63.7 cm³/mol. The number of rotatable bonds is 4. The maximum Gasteiger partial charge on any atom is 0.240 e. The second-order valence-electron chi connectivity index (χ2n) is 4.45. The summed E-state index contributed by atoms with van der Waals surface area (Å²) < 4.78 is 12.7. The minimum atomic E-state index is 0.0616. The zero-order valence-electron chi connectivity index (χ0n) is 10.0. The Hall–Kier alpha value is -1.66. The van der Waals surface area contributed by atoms with Gasteiger partial charge in [-0.05, 0) is 18.6 Å². The summed E-state index contributed by atoms with van der Waals surface area (Å²) in [5.74, 6) is 1.53. The van der Waals surface area contributed by atoms with E-state index in [4.69, 9.17) is 15.0 Å². The fourth-order valence-corrected chi connectivity index (χ4v) is 2.39. The molecule has 2 atom stereocenters. The van der Waals surface area contributed by atoms with Gasteiger partial charge < -0.3 is 19.6 Å². The van der Waals surface area contributed by atoms with E-state index in [1.54, 1.807) is 0 Å². The molecule has 6 nitrogen and oxygen atoms in total. The summed E-state index contributed by atoms with van der Waals surface area (Å²) >= 11 is 0. The van der Waals surface area contributed by atoms with Crippen LogP contribution >= 0.6 is 0 Å². The van der Waals surface area contributed by atoms with Crippen molar-refractivity contribution in [2.75, 3.05) is 13.2 Å². The summed E-state index contributed by atoms with van der Waals surface area (Å²) in [5.41, 5.74) is 5.51. The molecular weight excluding hydrogens is 232 g/mol. The predicted octanol–water partition coefficient (Wildman–Crippen LogP) is 0.956. The highest BCUT2D eigenvalue weighted by atomic mass is 16.5. The largest absolute Gasteiger partial charge is 0.381 e. The lowest BCUT2D eigenvalue weighted by Crippen LogP contribution is -2.21. The second-order valence-corrected chi connectivity index (χ2v) is 4.45. The normalized spacial score (nSPS) is 21.3. The van der Waals surface area contributed by atoms with Crippen LogP contribution in [-0.4, -0.2) is 27.9 Å². The van der Waals surface area contributed by atoms with Gasteiger partial charge in [-0.25, -0.2) is 0 Å². The van der Waals surface area contributed by atoms with Crippen molar-refractivity contribution in [3.8, 4) is 0 Å². The van der Waals surface area contributed by atoms with E-state index in [0.29, 0.717) is 17.6 Å². The summed E-state index contributed by atoms with van der Waals surface area (Å²) in [6.45, 7) is 1.80. The average molecular weight is 248 g/mol. The summed E-state index contributed by atoms with van der Waals surface area (Å²) in [6, 6.07) is 4.05. The van der Waals surface area contributed by atoms with Gasteiger partial charge in [-0.2, -0.15) is 4.98 Å². The molecule has 3 rings (SSSR count). The molecule has 0 aromatic carbocycles. The number of hydrogen-bond acceptors (Lipinski definition) is 5. The third-order valence-electron chi connectivity index (χ3n) is 3.28. The molecule has 0 radical (unpaired) electrons. The number of nitrogens with two attached hydrogens (primary N) is 1. The van der Waals surface area contributed by atoms with Gasteiger partial charge in [-0.15, -0.1) is 0 Å². The van der Waals surface area contributed by atoms with Gasteiger partial charge in [-0.3, -0.25) is 0 Å². The van der Waals surface area contributed by atoms with Crippen LogP contribution in [0.25, 0.3) is 0 Å². The molecule has 2 aromatic heterocycles. The van der Waals surface area contributed by atoms with Crippen molar-refractivity contribution < 1.29 is 9.26 Å². The van der Waals surface area contributed by atoms with E-state index in [-0.39, 0.29) is 12.6 Å². The average Bonchev–Trinajstić information content (AvgIpc) is 3.13. The Balaban J connectivity index is 1.93. The third-order valence-corrected chi connectivity index (χ3v) is 3.28. The SMILES string of the molecule is NCc1nc([C@@H]([C@@H]2CCOC2)n2cccc2)no1. The maximum atomic E-state index is 5.51. The first-order chi connectivity index (χ1) is 8.88. The van der Waals surface area contributed by atoms with Crippen LogP contribution < -0.4 is 5.73 Å². The van der Waals surface area contributed by atoms with Crippen molar-refractivity contribution in [3.63, 3.8) is 0 Å². The first-order valence-corrected chi connectivity index (χ1v) is 6.11. The van der Waals surface area contributed by atoms with Gasteiger partial charge in [0.25, 0.3) is 0 Å². The van der Waals surface area contributed by atoms with Gasteiger partial charge in [0.1, 0.15) is 6.04 Å². The van der Waals surface area contributed by atoms with Crippen LogP contribution in [0.5, 0.6) is 0 Å². The van der Waals surface area contributed by atoms with Crippen LogP contribution in [-0.2, 0) is 11.3 Å². The molecule has 0 amide bonds. The van der Waals surface area contributed by atoms with Crippen LogP contribution in [0, 0.1) is 5.92 Å². The van der Waals surface area contributed by atoms with E-state index >= 15 is 0 Å². The molecule has 1 aliphatic rings. The Labute approximate surface area is 105 Å². The Bertz CT molecular complexity index is 488. The molecule has 3 heterocycles. The second kappa shape index (κ2) is 4.91. The van der Waals surface area contributed by atoms with Crippen molar-refractivity contribution in [2.45, 2.75) is 19.0 Å². The highest BCUT2D eigenvalue weighted by molar-refractivity contribution is 5.05. The molecule has 2 N–H and O–H groups in total. The van der Waals surface area contributed by atoms with Gasteiger partial charge in [0, 0.05) is 24.9 Å². The van der Waals surface area contributed by atoms with E-state index in [2.05, 4.69) is 14.7 Å². The minimum absolute atomic E-state index is 0.0616. The molecule has 0 saturated carbocycles. The van der Waals surface area contributed by atoms with E-state index in [0.717, 1.165) is 19.6 Å². The van der Waals surface area contributed by atoms with Crippen LogP contribution in [0.15, 0.2) is 29.0 Å². The first-order valence-electron chi connectivity index (χ1n) is 6.11.